The lowest BCUT2D eigenvalue weighted by atomic mass is 10.0. The molecule has 0 unspecified atom stereocenters. The molecule has 0 heterocycles. The summed E-state index contributed by atoms with van der Waals surface area (Å²) in [7, 11) is 0. The molecule has 2 amide bonds. The van der Waals surface area contributed by atoms with E-state index in [2.05, 4.69) is 24.4 Å². The quantitative estimate of drug-likeness (QED) is 0.365. The summed E-state index contributed by atoms with van der Waals surface area (Å²) in [5.74, 6) is 0.915. The zero-order valence-electron chi connectivity index (χ0n) is 22.1. The van der Waals surface area contributed by atoms with Crippen molar-refractivity contribution in [3.05, 3.63) is 107 Å². The van der Waals surface area contributed by atoms with Crippen LogP contribution in [0, 0.1) is 13.8 Å². The van der Waals surface area contributed by atoms with Crippen LogP contribution in [0.1, 0.15) is 48.6 Å². The third-order valence-corrected chi connectivity index (χ3v) is 6.95. The Morgan fingerprint density at radius 3 is 2.14 bits per heavy atom. The van der Waals surface area contributed by atoms with Crippen molar-refractivity contribution in [3.63, 3.8) is 0 Å². The molecule has 0 radical (unpaired) electrons. The van der Waals surface area contributed by atoms with Crippen molar-refractivity contribution in [1.29, 1.82) is 0 Å². The van der Waals surface area contributed by atoms with Gasteiger partial charge in [-0.1, -0.05) is 84.4 Å². The molecule has 0 aromatic heterocycles. The summed E-state index contributed by atoms with van der Waals surface area (Å²) < 4.78 is 0. The molecular formula is C31H38N2O2S. The Morgan fingerprint density at radius 1 is 0.861 bits per heavy atom. The molecule has 0 fully saturated rings. The molecule has 0 aliphatic heterocycles. The highest BCUT2D eigenvalue weighted by Crippen LogP contribution is 2.20. The number of benzene rings is 3. The minimum absolute atomic E-state index is 0.0286. The average molecular weight is 503 g/mol. The van der Waals surface area contributed by atoms with Gasteiger partial charge in [-0.3, -0.25) is 9.59 Å². The van der Waals surface area contributed by atoms with Gasteiger partial charge in [0.1, 0.15) is 6.04 Å². The van der Waals surface area contributed by atoms with Crippen molar-refractivity contribution in [2.75, 3.05) is 5.75 Å². The molecule has 3 rings (SSSR count). The molecule has 1 N–H and O–H groups in total. The third-order valence-electron chi connectivity index (χ3n) is 5.99. The van der Waals surface area contributed by atoms with Crippen LogP contribution < -0.4 is 5.32 Å². The Hall–Kier alpha value is -3.05. The Balaban J connectivity index is 1.87. The van der Waals surface area contributed by atoms with Gasteiger partial charge < -0.3 is 10.2 Å². The number of carbonyl (C=O) groups is 2. The van der Waals surface area contributed by atoms with Crippen molar-refractivity contribution < 1.29 is 9.59 Å². The summed E-state index contributed by atoms with van der Waals surface area (Å²) in [5.41, 5.74) is 5.26. The van der Waals surface area contributed by atoms with E-state index in [1.165, 1.54) is 11.1 Å². The first-order valence-electron chi connectivity index (χ1n) is 12.5. The number of hydrogen-bond donors (Lipinski definition) is 1. The third kappa shape index (κ3) is 8.56. The molecule has 3 aromatic carbocycles. The highest BCUT2D eigenvalue weighted by atomic mass is 32.2. The highest BCUT2D eigenvalue weighted by molar-refractivity contribution is 7.99. The second kappa shape index (κ2) is 12.8. The molecule has 0 aliphatic rings. The van der Waals surface area contributed by atoms with Crippen LogP contribution in [-0.4, -0.2) is 34.0 Å². The Bertz CT molecular complexity index is 1140. The van der Waals surface area contributed by atoms with Crippen molar-refractivity contribution in [1.82, 2.24) is 10.2 Å². The maximum atomic E-state index is 13.7. The van der Waals surface area contributed by atoms with Crippen LogP contribution in [0.3, 0.4) is 0 Å². The number of rotatable bonds is 10. The molecule has 4 nitrogen and oxygen atoms in total. The molecule has 0 aliphatic carbocycles. The van der Waals surface area contributed by atoms with Gasteiger partial charge in [0.2, 0.25) is 11.8 Å². The summed E-state index contributed by atoms with van der Waals surface area (Å²) in [6.45, 7) is 10.4. The van der Waals surface area contributed by atoms with E-state index in [0.717, 1.165) is 22.4 Å². The standard InChI is InChI=1S/C31H38N2O2S/c1-23-15-17-26(18-16-23)20-33(29(34)22-36-21-27-14-10-9-11-24(27)2)28(30(35)32-31(3,4)5)19-25-12-7-6-8-13-25/h6-18,28H,19-22H2,1-5H3,(H,32,35)/t28-/m1/s1. The van der Waals surface area contributed by atoms with E-state index in [4.69, 9.17) is 0 Å². The zero-order valence-corrected chi connectivity index (χ0v) is 22.9. The van der Waals surface area contributed by atoms with E-state index in [1.54, 1.807) is 16.7 Å². The lowest BCUT2D eigenvalue weighted by Gasteiger charge is -2.34. The Kier molecular flexibility index (Phi) is 9.77. The van der Waals surface area contributed by atoms with Crippen molar-refractivity contribution in [3.8, 4) is 0 Å². The molecule has 190 valence electrons. The molecule has 0 saturated heterocycles. The molecule has 0 saturated carbocycles. The monoisotopic (exact) mass is 502 g/mol. The average Bonchev–Trinajstić information content (AvgIpc) is 2.83. The number of aryl methyl sites for hydroxylation is 2. The van der Waals surface area contributed by atoms with Crippen LogP contribution in [0.15, 0.2) is 78.9 Å². The zero-order chi connectivity index (χ0) is 26.1. The summed E-state index contributed by atoms with van der Waals surface area (Å²) in [5, 5.41) is 3.12. The topological polar surface area (TPSA) is 49.4 Å². The first kappa shape index (κ1) is 27.5. The summed E-state index contributed by atoms with van der Waals surface area (Å²) in [4.78, 5) is 29.1. The predicted molar refractivity (Wildman–Crippen MR) is 151 cm³/mol. The molecule has 1 atom stereocenters. The van der Waals surface area contributed by atoms with Gasteiger partial charge in [0, 0.05) is 24.3 Å². The van der Waals surface area contributed by atoms with Gasteiger partial charge in [0.15, 0.2) is 0 Å². The normalized spacial score (nSPS) is 12.1. The molecule has 0 bridgehead atoms. The number of carbonyl (C=O) groups excluding carboxylic acids is 2. The van der Waals surface area contributed by atoms with E-state index in [9.17, 15) is 9.59 Å². The fourth-order valence-electron chi connectivity index (χ4n) is 4.00. The van der Waals surface area contributed by atoms with Crippen LogP contribution in [0.25, 0.3) is 0 Å². The van der Waals surface area contributed by atoms with Gasteiger partial charge in [-0.05, 0) is 56.9 Å². The van der Waals surface area contributed by atoms with E-state index in [-0.39, 0.29) is 11.8 Å². The second-order valence-electron chi connectivity index (χ2n) is 10.4. The Labute approximate surface area is 220 Å². The fourth-order valence-corrected chi connectivity index (χ4v) is 4.99. The van der Waals surface area contributed by atoms with Crippen LogP contribution in [0.2, 0.25) is 0 Å². The highest BCUT2D eigenvalue weighted by Gasteiger charge is 2.32. The van der Waals surface area contributed by atoms with Crippen molar-refractivity contribution in [2.45, 2.75) is 64.9 Å². The molecule has 0 spiro atoms. The summed E-state index contributed by atoms with van der Waals surface area (Å²) >= 11 is 1.60. The van der Waals surface area contributed by atoms with Crippen LogP contribution in [0.5, 0.6) is 0 Å². The van der Waals surface area contributed by atoms with Gasteiger partial charge >= 0.3 is 0 Å². The summed E-state index contributed by atoms with van der Waals surface area (Å²) in [6.07, 6.45) is 0.461. The maximum absolute atomic E-state index is 13.7. The number of thioether (sulfide) groups is 1. The lowest BCUT2D eigenvalue weighted by molar-refractivity contribution is -0.140. The number of hydrogen-bond acceptors (Lipinski definition) is 3. The molecule has 3 aromatic rings. The van der Waals surface area contributed by atoms with Crippen LogP contribution in [0.4, 0.5) is 0 Å². The fraction of sp³-hybridized carbons (Fsp3) is 0.355. The molecule has 36 heavy (non-hydrogen) atoms. The lowest BCUT2D eigenvalue weighted by Crippen LogP contribution is -2.54. The maximum Gasteiger partial charge on any atom is 0.243 e. The van der Waals surface area contributed by atoms with Crippen LogP contribution in [-0.2, 0) is 28.3 Å². The Morgan fingerprint density at radius 2 is 1.50 bits per heavy atom. The van der Waals surface area contributed by atoms with Gasteiger partial charge in [-0.2, -0.15) is 0 Å². The van der Waals surface area contributed by atoms with E-state index >= 15 is 0 Å². The number of nitrogens with zero attached hydrogens (tertiary/aromatic N) is 1. The first-order valence-corrected chi connectivity index (χ1v) is 13.6. The summed E-state index contributed by atoms with van der Waals surface area (Å²) in [6, 6.07) is 25.7. The minimum Gasteiger partial charge on any atom is -0.350 e. The van der Waals surface area contributed by atoms with Crippen molar-refractivity contribution >= 4 is 23.6 Å². The van der Waals surface area contributed by atoms with Gasteiger partial charge in [0.25, 0.3) is 0 Å². The van der Waals surface area contributed by atoms with Crippen LogP contribution >= 0.6 is 11.8 Å². The van der Waals surface area contributed by atoms with Gasteiger partial charge in [-0.15, -0.1) is 11.8 Å². The van der Waals surface area contributed by atoms with E-state index in [0.29, 0.717) is 18.7 Å². The van der Waals surface area contributed by atoms with Gasteiger partial charge in [0.05, 0.1) is 5.75 Å². The predicted octanol–water partition coefficient (Wildman–Crippen LogP) is 6.09. The SMILES string of the molecule is Cc1ccc(CN(C(=O)CSCc2ccccc2C)[C@H](Cc2ccccc2)C(=O)NC(C)(C)C)cc1. The second-order valence-corrected chi connectivity index (χ2v) is 11.4. The molecule has 5 heteroatoms. The van der Waals surface area contributed by atoms with E-state index < -0.39 is 11.6 Å². The smallest absolute Gasteiger partial charge is 0.243 e. The van der Waals surface area contributed by atoms with E-state index in [1.807, 2.05) is 94.4 Å². The largest absolute Gasteiger partial charge is 0.350 e. The minimum atomic E-state index is -0.612. The number of nitrogens with one attached hydrogen (secondary N) is 1. The molecular weight excluding hydrogens is 464 g/mol. The van der Waals surface area contributed by atoms with Gasteiger partial charge in [-0.25, -0.2) is 0 Å². The first-order chi connectivity index (χ1) is 17.1. The van der Waals surface area contributed by atoms with Crippen molar-refractivity contribution in [2.24, 2.45) is 0 Å². The number of amides is 2.